The zero-order chi connectivity index (χ0) is 26.1. The molecule has 4 heteroatoms. The summed E-state index contributed by atoms with van der Waals surface area (Å²) in [5, 5.41) is 30.8. The monoisotopic (exact) mass is 494 g/mol. The Kier molecular flexibility index (Phi) is 8.31. The van der Waals surface area contributed by atoms with E-state index in [1.165, 1.54) is 31.3 Å². The average molecular weight is 495 g/mol. The molecule has 0 bridgehead atoms. The third-order valence-electron chi connectivity index (χ3n) is 9.10. The van der Waals surface area contributed by atoms with Gasteiger partial charge in [0, 0.05) is 11.8 Å². The molecule has 4 nitrogen and oxygen atoms in total. The van der Waals surface area contributed by atoms with E-state index in [-0.39, 0.29) is 5.41 Å². The van der Waals surface area contributed by atoms with Gasteiger partial charge in [-0.1, -0.05) is 62.4 Å². The summed E-state index contributed by atoms with van der Waals surface area (Å²) >= 11 is 0. The van der Waals surface area contributed by atoms with Crippen LogP contribution in [0.1, 0.15) is 83.8 Å². The SMILES string of the molecule is C=C1/C(=C\C=C2/CCC[C@]3(COCc4cccc(C(C)(C)O)c4)[C@@H](C(C)C)CC[C@@H]23)C[C@@H](O)C[C@@H]1O. The molecule has 5 atom stereocenters. The molecule has 3 aliphatic carbocycles. The van der Waals surface area contributed by atoms with Crippen molar-refractivity contribution in [3.63, 3.8) is 0 Å². The molecule has 0 saturated heterocycles. The van der Waals surface area contributed by atoms with Crippen LogP contribution in [0.5, 0.6) is 0 Å². The number of aliphatic hydroxyl groups is 3. The smallest absolute Gasteiger partial charge is 0.0840 e. The van der Waals surface area contributed by atoms with E-state index >= 15 is 0 Å². The van der Waals surface area contributed by atoms with Gasteiger partial charge in [-0.2, -0.15) is 0 Å². The van der Waals surface area contributed by atoms with Gasteiger partial charge in [-0.25, -0.2) is 0 Å². The second-order valence-corrected chi connectivity index (χ2v) is 12.4. The van der Waals surface area contributed by atoms with E-state index in [0.717, 1.165) is 35.3 Å². The van der Waals surface area contributed by atoms with Crippen molar-refractivity contribution in [1.29, 1.82) is 0 Å². The van der Waals surface area contributed by atoms with Crippen molar-refractivity contribution in [2.75, 3.05) is 6.61 Å². The van der Waals surface area contributed by atoms with Crippen LogP contribution < -0.4 is 0 Å². The Bertz CT molecular complexity index is 998. The highest BCUT2D eigenvalue weighted by molar-refractivity contribution is 5.39. The topological polar surface area (TPSA) is 69.9 Å². The highest BCUT2D eigenvalue weighted by atomic mass is 16.5. The van der Waals surface area contributed by atoms with E-state index in [1.54, 1.807) is 0 Å². The van der Waals surface area contributed by atoms with Crippen LogP contribution in [0.2, 0.25) is 0 Å². The maximum absolute atomic E-state index is 10.4. The first kappa shape index (κ1) is 27.3. The third-order valence-corrected chi connectivity index (χ3v) is 9.10. The lowest BCUT2D eigenvalue weighted by atomic mass is 9.60. The van der Waals surface area contributed by atoms with E-state index in [2.05, 4.69) is 44.7 Å². The van der Waals surface area contributed by atoms with Crippen LogP contribution in [0.3, 0.4) is 0 Å². The molecule has 0 radical (unpaired) electrons. The average Bonchev–Trinajstić information content (AvgIpc) is 3.20. The van der Waals surface area contributed by atoms with Crippen LogP contribution in [-0.2, 0) is 16.9 Å². The summed E-state index contributed by atoms with van der Waals surface area (Å²) in [7, 11) is 0. The van der Waals surface area contributed by atoms with Crippen LogP contribution in [0, 0.1) is 23.2 Å². The number of hydrogen-bond acceptors (Lipinski definition) is 4. The predicted molar refractivity (Wildman–Crippen MR) is 145 cm³/mol. The summed E-state index contributed by atoms with van der Waals surface area (Å²) in [4.78, 5) is 0. The Hall–Kier alpha value is -1.72. The van der Waals surface area contributed by atoms with Crippen molar-refractivity contribution in [1.82, 2.24) is 0 Å². The first-order chi connectivity index (χ1) is 17.0. The maximum Gasteiger partial charge on any atom is 0.0840 e. The van der Waals surface area contributed by atoms with E-state index < -0.39 is 17.8 Å². The molecule has 3 N–H and O–H groups in total. The quantitative estimate of drug-likeness (QED) is 0.422. The molecule has 0 unspecified atom stereocenters. The minimum absolute atomic E-state index is 0.146. The Morgan fingerprint density at radius 2 is 1.97 bits per heavy atom. The van der Waals surface area contributed by atoms with Crippen LogP contribution in [0.4, 0.5) is 0 Å². The van der Waals surface area contributed by atoms with E-state index in [1.807, 2.05) is 26.0 Å². The Morgan fingerprint density at radius 3 is 2.69 bits per heavy atom. The Labute approximate surface area is 217 Å². The van der Waals surface area contributed by atoms with Gasteiger partial charge < -0.3 is 20.1 Å². The Morgan fingerprint density at radius 1 is 1.19 bits per heavy atom. The molecule has 3 saturated carbocycles. The third kappa shape index (κ3) is 5.72. The standard InChI is InChI=1S/C32H46O4/c1-21(2)28-13-14-29-24(11-12-25-17-27(33)18-30(34)22(25)3)9-7-15-32(28,29)20-36-19-23-8-6-10-26(16-23)31(4,5)35/h6,8,10-12,16,21,27-30,33-35H,3,7,9,13-15,17-20H2,1-2,4-5H3/b24-11+,25-12-/t27-,28-,29+,30+,32+/m1/s1. The molecule has 0 amide bonds. The van der Waals surface area contributed by atoms with Gasteiger partial charge in [-0.05, 0) is 92.4 Å². The van der Waals surface area contributed by atoms with Gasteiger partial charge in [0.15, 0.2) is 0 Å². The van der Waals surface area contributed by atoms with E-state index in [9.17, 15) is 15.3 Å². The van der Waals surface area contributed by atoms with Gasteiger partial charge in [0.2, 0.25) is 0 Å². The van der Waals surface area contributed by atoms with Crippen LogP contribution in [0.25, 0.3) is 0 Å². The summed E-state index contributed by atoms with van der Waals surface area (Å²) in [6.45, 7) is 13.7. The Balaban J connectivity index is 1.54. The number of hydrogen-bond donors (Lipinski definition) is 3. The zero-order valence-electron chi connectivity index (χ0n) is 22.7. The lowest BCUT2D eigenvalue weighted by Crippen LogP contribution is -2.42. The second-order valence-electron chi connectivity index (χ2n) is 12.4. The first-order valence-corrected chi connectivity index (χ1v) is 13.9. The fourth-order valence-electron chi connectivity index (χ4n) is 7.23. The minimum atomic E-state index is -0.860. The lowest BCUT2D eigenvalue weighted by Gasteiger charge is -2.46. The van der Waals surface area contributed by atoms with Crippen molar-refractivity contribution in [2.45, 2.75) is 97.1 Å². The number of allylic oxidation sites excluding steroid dienone is 3. The highest BCUT2D eigenvalue weighted by Crippen LogP contribution is 2.59. The molecule has 1 aromatic carbocycles. The molecule has 0 heterocycles. The van der Waals surface area contributed by atoms with Gasteiger partial charge >= 0.3 is 0 Å². The zero-order valence-corrected chi connectivity index (χ0v) is 22.7. The summed E-state index contributed by atoms with van der Waals surface area (Å²) in [6.07, 6.45) is 10.1. The molecular weight excluding hydrogens is 448 g/mol. The highest BCUT2D eigenvalue weighted by Gasteiger charge is 2.53. The maximum atomic E-state index is 10.4. The summed E-state index contributed by atoms with van der Waals surface area (Å²) in [5.74, 6) is 1.75. The van der Waals surface area contributed by atoms with Gasteiger partial charge in [-0.15, -0.1) is 0 Å². The van der Waals surface area contributed by atoms with Gasteiger partial charge in [0.1, 0.15) is 0 Å². The molecule has 36 heavy (non-hydrogen) atoms. The second kappa shape index (κ2) is 10.9. The normalized spacial score (nSPS) is 33.5. The van der Waals surface area contributed by atoms with E-state index in [0.29, 0.717) is 37.2 Å². The van der Waals surface area contributed by atoms with Crippen LogP contribution in [-0.4, -0.2) is 34.1 Å². The fourth-order valence-corrected chi connectivity index (χ4v) is 7.23. The molecule has 1 aromatic rings. The molecular formula is C32H46O4. The number of benzene rings is 1. The van der Waals surface area contributed by atoms with Crippen molar-refractivity contribution in [3.05, 3.63) is 70.8 Å². The summed E-state index contributed by atoms with van der Waals surface area (Å²) in [6, 6.07) is 8.11. The molecule has 3 aliphatic rings. The molecule has 0 spiro atoms. The summed E-state index contributed by atoms with van der Waals surface area (Å²) < 4.78 is 6.50. The van der Waals surface area contributed by atoms with Crippen molar-refractivity contribution in [3.8, 4) is 0 Å². The summed E-state index contributed by atoms with van der Waals surface area (Å²) in [5.41, 5.74) is 4.52. The van der Waals surface area contributed by atoms with Crippen molar-refractivity contribution < 1.29 is 20.1 Å². The molecule has 198 valence electrons. The van der Waals surface area contributed by atoms with Crippen LogP contribution >= 0.6 is 0 Å². The molecule has 3 fully saturated rings. The van der Waals surface area contributed by atoms with E-state index in [4.69, 9.17) is 4.74 Å². The largest absolute Gasteiger partial charge is 0.393 e. The number of aliphatic hydroxyl groups excluding tert-OH is 2. The van der Waals surface area contributed by atoms with Crippen molar-refractivity contribution in [2.24, 2.45) is 23.2 Å². The molecule has 0 aromatic heterocycles. The molecule has 4 rings (SSSR count). The van der Waals surface area contributed by atoms with Crippen molar-refractivity contribution >= 4 is 0 Å². The number of fused-ring (bicyclic) bond motifs is 1. The number of rotatable bonds is 7. The van der Waals surface area contributed by atoms with Gasteiger partial charge in [0.25, 0.3) is 0 Å². The number of ether oxygens (including phenoxy) is 1. The minimum Gasteiger partial charge on any atom is -0.393 e. The predicted octanol–water partition coefficient (Wildman–Crippen LogP) is 6.21. The van der Waals surface area contributed by atoms with Gasteiger partial charge in [0.05, 0.1) is 31.0 Å². The molecule has 0 aliphatic heterocycles. The van der Waals surface area contributed by atoms with Crippen LogP contribution in [0.15, 0.2) is 59.7 Å². The first-order valence-electron chi connectivity index (χ1n) is 13.9. The van der Waals surface area contributed by atoms with Gasteiger partial charge in [-0.3, -0.25) is 0 Å². The lowest BCUT2D eigenvalue weighted by molar-refractivity contribution is -0.0342. The fraction of sp³-hybridized carbons (Fsp3) is 0.625.